The Labute approximate surface area is 142 Å². The second-order valence-corrected chi connectivity index (χ2v) is 6.44. The average molecular weight is 379 g/mol. The van der Waals surface area contributed by atoms with Gasteiger partial charge in [0, 0.05) is 6.92 Å². The molecular formula is C14H13F4N3O3S. The number of anilines is 1. The molecule has 25 heavy (non-hydrogen) atoms. The first kappa shape index (κ1) is 19.2. The number of aromatic nitrogens is 2. The van der Waals surface area contributed by atoms with Crippen molar-refractivity contribution < 1.29 is 31.3 Å². The maximum atomic E-state index is 14.6. The van der Waals surface area contributed by atoms with E-state index in [2.05, 4.69) is 15.5 Å². The number of hydrogen-bond donors (Lipinski definition) is 1. The van der Waals surface area contributed by atoms with E-state index in [9.17, 15) is 26.9 Å². The first-order chi connectivity index (χ1) is 11.6. The molecule has 0 radical (unpaired) electrons. The largest absolute Gasteiger partial charge is 0.611 e. The maximum absolute atomic E-state index is 14.6. The Balaban J connectivity index is 2.46. The molecule has 2 rings (SSSR count). The van der Waals surface area contributed by atoms with Crippen molar-refractivity contribution in [2.24, 2.45) is 0 Å². The summed E-state index contributed by atoms with van der Waals surface area (Å²) in [6.45, 7) is 3.05. The lowest BCUT2D eigenvalue weighted by atomic mass is 10.1. The Morgan fingerprint density at radius 1 is 1.36 bits per heavy atom. The van der Waals surface area contributed by atoms with Crippen LogP contribution in [0.1, 0.15) is 35.2 Å². The van der Waals surface area contributed by atoms with Gasteiger partial charge in [-0.15, -0.1) is 5.10 Å². The Morgan fingerprint density at radius 3 is 2.56 bits per heavy atom. The van der Waals surface area contributed by atoms with Crippen molar-refractivity contribution in [3.8, 4) is 0 Å². The van der Waals surface area contributed by atoms with E-state index >= 15 is 0 Å². The molecule has 1 unspecified atom stereocenters. The van der Waals surface area contributed by atoms with Crippen molar-refractivity contribution in [2.75, 3.05) is 11.1 Å². The van der Waals surface area contributed by atoms with Gasteiger partial charge in [-0.3, -0.25) is 10.1 Å². The summed E-state index contributed by atoms with van der Waals surface area (Å²) in [4.78, 5) is 11.0. The Morgan fingerprint density at radius 2 is 2.04 bits per heavy atom. The van der Waals surface area contributed by atoms with Crippen LogP contribution in [-0.4, -0.2) is 26.4 Å². The van der Waals surface area contributed by atoms with Crippen molar-refractivity contribution in [3.63, 3.8) is 0 Å². The van der Waals surface area contributed by atoms with E-state index in [1.54, 1.807) is 6.92 Å². The van der Waals surface area contributed by atoms with Crippen molar-refractivity contribution in [1.29, 1.82) is 0 Å². The van der Waals surface area contributed by atoms with E-state index in [0.29, 0.717) is 12.1 Å². The zero-order valence-corrected chi connectivity index (χ0v) is 13.9. The highest BCUT2D eigenvalue weighted by Gasteiger charge is 2.41. The standard InChI is InChI=1S/C14H13F4N3O3S/c1-3-6-25(23)11-9(14(16,17)18)5-4-8(10(11)15)12(22)19-13-21-20-7(2)24-13/h4-5H,3,6H2,1-2H3,(H,19,21,22). The fraction of sp³-hybridized carbons (Fsp3) is 0.357. The summed E-state index contributed by atoms with van der Waals surface area (Å²) in [5.74, 6) is -2.62. The van der Waals surface area contributed by atoms with Crippen LogP contribution in [0.15, 0.2) is 21.4 Å². The van der Waals surface area contributed by atoms with E-state index in [0.717, 1.165) is 0 Å². The molecule has 1 aromatic carbocycles. The molecule has 1 heterocycles. The molecule has 136 valence electrons. The normalized spacial score (nSPS) is 12.9. The van der Waals surface area contributed by atoms with Gasteiger partial charge >= 0.3 is 12.2 Å². The molecule has 0 aliphatic heterocycles. The molecule has 6 nitrogen and oxygen atoms in total. The number of benzene rings is 1. The number of carbonyl (C=O) groups excluding carboxylic acids is 1. The number of nitrogens with zero attached hydrogens (tertiary/aromatic N) is 2. The highest BCUT2D eigenvalue weighted by molar-refractivity contribution is 7.91. The second-order valence-electron chi connectivity index (χ2n) is 4.93. The van der Waals surface area contributed by atoms with Gasteiger partial charge in [-0.2, -0.15) is 13.2 Å². The number of aryl methyl sites for hydroxylation is 1. The summed E-state index contributed by atoms with van der Waals surface area (Å²) >= 11 is -2.25. The molecule has 0 saturated heterocycles. The number of nitrogens with one attached hydrogen (secondary N) is 1. The molecule has 1 atom stereocenters. The molecule has 1 N–H and O–H groups in total. The number of halogens is 4. The quantitative estimate of drug-likeness (QED) is 0.636. The lowest BCUT2D eigenvalue weighted by molar-refractivity contribution is -0.140. The summed E-state index contributed by atoms with van der Waals surface area (Å²) < 4.78 is 70.8. The van der Waals surface area contributed by atoms with Gasteiger partial charge in [0.05, 0.1) is 5.56 Å². The van der Waals surface area contributed by atoms with E-state index in [1.807, 2.05) is 0 Å². The molecule has 0 saturated carbocycles. The van der Waals surface area contributed by atoms with Crippen LogP contribution in [-0.2, 0) is 17.4 Å². The highest BCUT2D eigenvalue weighted by Crippen LogP contribution is 2.37. The smallest absolute Gasteiger partial charge is 0.421 e. The van der Waals surface area contributed by atoms with Gasteiger partial charge < -0.3 is 8.97 Å². The van der Waals surface area contributed by atoms with Crippen LogP contribution in [0.25, 0.3) is 0 Å². The molecule has 1 aromatic heterocycles. The summed E-state index contributed by atoms with van der Waals surface area (Å²) in [6, 6.07) is 0.863. The van der Waals surface area contributed by atoms with Gasteiger partial charge in [-0.05, 0) is 29.7 Å². The van der Waals surface area contributed by atoms with Crippen molar-refractivity contribution >= 4 is 23.1 Å². The number of amides is 1. The van der Waals surface area contributed by atoms with Gasteiger partial charge in [-0.1, -0.05) is 12.0 Å². The van der Waals surface area contributed by atoms with Crippen molar-refractivity contribution in [1.82, 2.24) is 10.2 Å². The summed E-state index contributed by atoms with van der Waals surface area (Å²) in [5, 5.41) is 9.00. The van der Waals surface area contributed by atoms with Crippen LogP contribution in [0.3, 0.4) is 0 Å². The monoisotopic (exact) mass is 379 g/mol. The summed E-state index contributed by atoms with van der Waals surface area (Å²) in [6.07, 6.45) is -4.63. The molecule has 2 aromatic rings. The Hall–Kier alpha value is -2.14. The molecule has 0 fully saturated rings. The van der Waals surface area contributed by atoms with Gasteiger partial charge in [0.2, 0.25) is 10.8 Å². The van der Waals surface area contributed by atoms with Crippen molar-refractivity contribution in [2.45, 2.75) is 31.3 Å². The van der Waals surface area contributed by atoms with Crippen LogP contribution in [0.5, 0.6) is 0 Å². The third-order valence-electron chi connectivity index (χ3n) is 3.01. The Kier molecular flexibility index (Phi) is 5.68. The predicted octanol–water partition coefficient (Wildman–Crippen LogP) is 3.31. The van der Waals surface area contributed by atoms with Crippen LogP contribution in [0.2, 0.25) is 0 Å². The minimum Gasteiger partial charge on any atom is -0.611 e. The minimum atomic E-state index is -4.90. The van der Waals surface area contributed by atoms with Crippen LogP contribution < -0.4 is 5.32 Å². The first-order valence-corrected chi connectivity index (χ1v) is 8.36. The maximum Gasteiger partial charge on any atom is 0.421 e. The fourth-order valence-electron chi connectivity index (χ4n) is 1.98. The van der Waals surface area contributed by atoms with Gasteiger partial charge in [0.25, 0.3) is 5.91 Å². The lowest BCUT2D eigenvalue weighted by Crippen LogP contribution is -2.21. The van der Waals surface area contributed by atoms with E-state index in [4.69, 9.17) is 4.42 Å². The van der Waals surface area contributed by atoms with Crippen LogP contribution in [0, 0.1) is 12.7 Å². The predicted molar refractivity (Wildman–Crippen MR) is 80.0 cm³/mol. The SMILES string of the molecule is CCC[S+]([O-])c1c(C(F)(F)F)ccc(C(=O)Nc2nnc(C)o2)c1F. The van der Waals surface area contributed by atoms with E-state index in [-0.39, 0.29) is 24.1 Å². The third-order valence-corrected chi connectivity index (χ3v) is 4.64. The molecule has 11 heteroatoms. The van der Waals surface area contributed by atoms with Gasteiger partial charge in [0.15, 0.2) is 5.82 Å². The summed E-state index contributed by atoms with van der Waals surface area (Å²) in [7, 11) is 0. The zero-order chi connectivity index (χ0) is 18.8. The number of rotatable bonds is 5. The third kappa shape index (κ3) is 4.28. The fourth-order valence-corrected chi connectivity index (χ4v) is 3.29. The van der Waals surface area contributed by atoms with Crippen molar-refractivity contribution in [3.05, 3.63) is 35.0 Å². The summed E-state index contributed by atoms with van der Waals surface area (Å²) in [5.41, 5.74) is -2.08. The zero-order valence-electron chi connectivity index (χ0n) is 13.1. The number of hydrogen-bond acceptors (Lipinski definition) is 5. The molecule has 0 spiro atoms. The minimum absolute atomic E-state index is 0.132. The first-order valence-electron chi connectivity index (χ1n) is 7.04. The van der Waals surface area contributed by atoms with Crippen LogP contribution in [0.4, 0.5) is 23.6 Å². The lowest BCUT2D eigenvalue weighted by Gasteiger charge is -2.17. The second kappa shape index (κ2) is 7.40. The highest BCUT2D eigenvalue weighted by atomic mass is 32.2. The topological polar surface area (TPSA) is 91.1 Å². The Bertz CT molecular complexity index is 779. The average Bonchev–Trinajstić information content (AvgIpc) is 2.90. The molecule has 1 amide bonds. The number of alkyl halides is 3. The van der Waals surface area contributed by atoms with Crippen LogP contribution >= 0.6 is 0 Å². The van der Waals surface area contributed by atoms with Gasteiger partial charge in [0.1, 0.15) is 11.3 Å². The van der Waals surface area contributed by atoms with E-state index in [1.165, 1.54) is 6.92 Å². The molecule has 0 aliphatic carbocycles. The van der Waals surface area contributed by atoms with Gasteiger partial charge in [-0.25, -0.2) is 4.39 Å². The molecule has 0 bridgehead atoms. The molecular weight excluding hydrogens is 366 g/mol. The van der Waals surface area contributed by atoms with E-state index < -0.39 is 45.1 Å². The number of carbonyl (C=O) groups is 1. The molecule has 0 aliphatic rings.